The van der Waals surface area contributed by atoms with Crippen LogP contribution in [-0.2, 0) is 0 Å². The minimum atomic E-state index is 0.893. The second-order valence-electron chi connectivity index (χ2n) is 2.88. The second kappa shape index (κ2) is 2.33. The Morgan fingerprint density at radius 1 is 1.15 bits per heavy atom. The van der Waals surface area contributed by atoms with Crippen LogP contribution in [0.1, 0.15) is 0 Å². The van der Waals surface area contributed by atoms with Gasteiger partial charge in [0.1, 0.15) is 5.52 Å². The maximum Gasteiger partial charge on any atom is 0.101 e. The highest BCUT2D eigenvalue weighted by molar-refractivity contribution is 5.93. The average Bonchev–Trinajstić information content (AvgIpc) is 2.56. The van der Waals surface area contributed by atoms with Crippen LogP contribution in [0.2, 0.25) is 0 Å². The Morgan fingerprint density at radius 3 is 3.08 bits per heavy atom. The molecule has 0 saturated heterocycles. The molecule has 0 N–H and O–H groups in total. The van der Waals surface area contributed by atoms with Gasteiger partial charge < -0.3 is 0 Å². The number of pyridine rings is 1. The Morgan fingerprint density at radius 2 is 2.08 bits per heavy atom. The topological polar surface area (TPSA) is 17.3 Å². The molecule has 0 aliphatic heterocycles. The highest BCUT2D eigenvalue weighted by Gasteiger charge is 2.01. The lowest BCUT2D eigenvalue weighted by atomic mass is 10.2. The van der Waals surface area contributed by atoms with Crippen molar-refractivity contribution in [3.63, 3.8) is 0 Å². The summed E-state index contributed by atoms with van der Waals surface area (Å²) in [6.45, 7) is 0. The van der Waals surface area contributed by atoms with Gasteiger partial charge in [-0.3, -0.25) is 0 Å². The summed E-state index contributed by atoms with van der Waals surface area (Å²) in [5, 5.41) is 5.45. The summed E-state index contributed by atoms with van der Waals surface area (Å²) in [6, 6.07) is 14.8. The molecule has 3 rings (SSSR count). The van der Waals surface area contributed by atoms with Crippen LogP contribution >= 0.6 is 0 Å². The molecule has 0 aliphatic carbocycles. The molecular formula is C11H6N2. The van der Waals surface area contributed by atoms with Crippen molar-refractivity contribution in [2.24, 2.45) is 0 Å². The van der Waals surface area contributed by atoms with Crippen LogP contribution in [0.5, 0.6) is 0 Å². The van der Waals surface area contributed by atoms with E-state index >= 15 is 0 Å². The smallest absolute Gasteiger partial charge is 0.101 e. The van der Waals surface area contributed by atoms with Crippen molar-refractivity contribution >= 4 is 16.4 Å². The fourth-order valence-electron chi connectivity index (χ4n) is 1.50. The lowest BCUT2D eigenvalue weighted by Gasteiger charge is -1.88. The average molecular weight is 166 g/mol. The Hall–Kier alpha value is -1.83. The molecule has 0 aliphatic rings. The summed E-state index contributed by atoms with van der Waals surface area (Å²) in [5.74, 6) is 0. The molecule has 0 fully saturated rings. The molecule has 1 aromatic carbocycles. The van der Waals surface area contributed by atoms with E-state index in [0.717, 1.165) is 16.4 Å². The molecule has 2 heterocycles. The molecular weight excluding hydrogens is 160 g/mol. The highest BCUT2D eigenvalue weighted by Crippen LogP contribution is 2.17. The van der Waals surface area contributed by atoms with E-state index in [-0.39, 0.29) is 0 Å². The van der Waals surface area contributed by atoms with Crippen molar-refractivity contribution in [3.8, 4) is 0 Å². The van der Waals surface area contributed by atoms with Gasteiger partial charge >= 0.3 is 0 Å². The zero-order valence-electron chi connectivity index (χ0n) is 6.86. The zero-order chi connectivity index (χ0) is 8.67. The SMILES string of the molecule is [c]1cccc2c1nn1[c]cccc21. The molecule has 2 aromatic heterocycles. The molecule has 2 nitrogen and oxygen atoms in total. The van der Waals surface area contributed by atoms with Gasteiger partial charge in [-0.05, 0) is 12.1 Å². The first kappa shape index (κ1) is 6.66. The van der Waals surface area contributed by atoms with Crippen LogP contribution < -0.4 is 0 Å². The van der Waals surface area contributed by atoms with Gasteiger partial charge in [-0.2, -0.15) is 5.10 Å². The molecule has 0 bridgehead atoms. The Labute approximate surface area is 75.4 Å². The molecule has 0 unspecified atom stereocenters. The van der Waals surface area contributed by atoms with Gasteiger partial charge in [0.15, 0.2) is 0 Å². The molecule has 0 saturated carbocycles. The number of nitrogens with zero attached hydrogens (tertiary/aromatic N) is 2. The van der Waals surface area contributed by atoms with E-state index in [1.165, 1.54) is 0 Å². The van der Waals surface area contributed by atoms with Crippen molar-refractivity contribution in [2.45, 2.75) is 0 Å². The van der Waals surface area contributed by atoms with Crippen molar-refractivity contribution < 1.29 is 0 Å². The van der Waals surface area contributed by atoms with Gasteiger partial charge in [-0.25, -0.2) is 4.52 Å². The van der Waals surface area contributed by atoms with Crippen molar-refractivity contribution in [1.29, 1.82) is 0 Å². The van der Waals surface area contributed by atoms with E-state index in [1.807, 2.05) is 36.4 Å². The van der Waals surface area contributed by atoms with Gasteiger partial charge in [0.05, 0.1) is 11.7 Å². The van der Waals surface area contributed by atoms with Crippen LogP contribution in [-0.4, -0.2) is 9.61 Å². The van der Waals surface area contributed by atoms with E-state index < -0.39 is 0 Å². The molecule has 60 valence electrons. The van der Waals surface area contributed by atoms with E-state index in [0.29, 0.717) is 0 Å². The first-order chi connectivity index (χ1) is 6.45. The lowest BCUT2D eigenvalue weighted by molar-refractivity contribution is 0.972. The predicted molar refractivity (Wildman–Crippen MR) is 50.4 cm³/mol. The number of hydrogen-bond acceptors (Lipinski definition) is 1. The lowest BCUT2D eigenvalue weighted by Crippen LogP contribution is -1.83. The standard InChI is InChI=1S/C11H6N2/c1-2-6-10-9(5-1)11-7-3-4-8-13(11)12-10/h1-5,7H. The number of aromatic nitrogens is 2. The zero-order valence-corrected chi connectivity index (χ0v) is 6.86. The Bertz CT molecular complexity index is 516. The Kier molecular flexibility index (Phi) is 1.19. The van der Waals surface area contributed by atoms with E-state index in [4.69, 9.17) is 0 Å². The van der Waals surface area contributed by atoms with Gasteiger partial charge in [0, 0.05) is 11.5 Å². The summed E-state index contributed by atoms with van der Waals surface area (Å²) < 4.78 is 1.75. The van der Waals surface area contributed by atoms with Gasteiger partial charge in [-0.15, -0.1) is 0 Å². The largest absolute Gasteiger partial charge is 0.230 e. The maximum atomic E-state index is 4.32. The van der Waals surface area contributed by atoms with E-state index in [2.05, 4.69) is 17.4 Å². The fraction of sp³-hybridized carbons (Fsp3) is 0. The van der Waals surface area contributed by atoms with Gasteiger partial charge in [0.25, 0.3) is 0 Å². The molecule has 2 radical (unpaired) electrons. The number of hydrogen-bond donors (Lipinski definition) is 0. The molecule has 0 spiro atoms. The van der Waals surface area contributed by atoms with Crippen LogP contribution in [0, 0.1) is 12.3 Å². The monoisotopic (exact) mass is 166 g/mol. The van der Waals surface area contributed by atoms with Crippen LogP contribution in [0.25, 0.3) is 16.4 Å². The third-order valence-corrected chi connectivity index (χ3v) is 2.09. The molecule has 0 atom stereocenters. The first-order valence-corrected chi connectivity index (χ1v) is 4.11. The summed E-state index contributed by atoms with van der Waals surface area (Å²) in [6.07, 6.45) is 3.03. The Balaban J connectivity index is 2.64. The van der Waals surface area contributed by atoms with E-state index in [9.17, 15) is 0 Å². The van der Waals surface area contributed by atoms with Gasteiger partial charge in [-0.1, -0.05) is 24.3 Å². The molecule has 13 heavy (non-hydrogen) atoms. The molecule has 2 heteroatoms. The number of fused-ring (bicyclic) bond motifs is 3. The minimum Gasteiger partial charge on any atom is -0.230 e. The number of benzene rings is 1. The third kappa shape index (κ3) is 0.855. The van der Waals surface area contributed by atoms with E-state index in [1.54, 1.807) is 4.52 Å². The second-order valence-corrected chi connectivity index (χ2v) is 2.88. The first-order valence-electron chi connectivity index (χ1n) is 4.11. The van der Waals surface area contributed by atoms with Crippen LogP contribution in [0.15, 0.2) is 36.4 Å². The number of rotatable bonds is 0. The van der Waals surface area contributed by atoms with Gasteiger partial charge in [0.2, 0.25) is 0 Å². The molecule has 3 aromatic rings. The summed E-state index contributed by atoms with van der Waals surface area (Å²) in [4.78, 5) is 0. The molecule has 0 amide bonds. The van der Waals surface area contributed by atoms with Crippen molar-refractivity contribution in [1.82, 2.24) is 9.61 Å². The van der Waals surface area contributed by atoms with Crippen molar-refractivity contribution in [2.75, 3.05) is 0 Å². The maximum absolute atomic E-state index is 4.32. The fourth-order valence-corrected chi connectivity index (χ4v) is 1.50. The normalized spacial score (nSPS) is 11.1. The van der Waals surface area contributed by atoms with Crippen LogP contribution in [0.3, 0.4) is 0 Å². The third-order valence-electron chi connectivity index (χ3n) is 2.09. The highest BCUT2D eigenvalue weighted by atomic mass is 15.2. The van der Waals surface area contributed by atoms with Crippen molar-refractivity contribution in [3.05, 3.63) is 48.7 Å². The summed E-state index contributed by atoms with van der Waals surface area (Å²) >= 11 is 0. The minimum absolute atomic E-state index is 0.893. The quantitative estimate of drug-likeness (QED) is 0.499. The predicted octanol–water partition coefficient (Wildman–Crippen LogP) is 2.09. The summed E-state index contributed by atoms with van der Waals surface area (Å²) in [5.41, 5.74) is 1.97. The summed E-state index contributed by atoms with van der Waals surface area (Å²) in [7, 11) is 0. The van der Waals surface area contributed by atoms with Crippen LogP contribution in [0.4, 0.5) is 0 Å².